The van der Waals surface area contributed by atoms with Gasteiger partial charge in [-0.05, 0) is 36.8 Å². The molecule has 0 radical (unpaired) electrons. The molecule has 130 valence electrons. The highest BCUT2D eigenvalue weighted by molar-refractivity contribution is 5.86. The molecule has 0 bridgehead atoms. The van der Waals surface area contributed by atoms with E-state index in [4.69, 9.17) is 5.73 Å². The molecule has 1 aliphatic carbocycles. The molecule has 1 heterocycles. The molecule has 1 amide bonds. The van der Waals surface area contributed by atoms with Crippen LogP contribution in [0.1, 0.15) is 37.7 Å². The number of carbonyl (C=O) groups is 1. The molecule has 0 aliphatic heterocycles. The number of aromatic amines is 1. The number of nitrogens with two attached hydrogens (primary N) is 1. The van der Waals surface area contributed by atoms with Gasteiger partial charge in [0.25, 0.3) is 0 Å². The molecule has 1 fully saturated rings. The normalized spacial score (nSPS) is 18.4. The van der Waals surface area contributed by atoms with Crippen molar-refractivity contribution in [3.05, 3.63) is 36.0 Å². The predicted octanol–water partition coefficient (Wildman–Crippen LogP) is 2.10. The molecule has 1 unspecified atom stereocenters. The molecule has 5 nitrogen and oxygen atoms in total. The van der Waals surface area contributed by atoms with E-state index in [9.17, 15) is 9.90 Å². The van der Waals surface area contributed by atoms with Gasteiger partial charge in [-0.25, -0.2) is 0 Å². The minimum atomic E-state index is -0.609. The van der Waals surface area contributed by atoms with Gasteiger partial charge in [0.15, 0.2) is 0 Å². The summed E-state index contributed by atoms with van der Waals surface area (Å²) in [6, 6.07) is 7.37. The number of aromatic nitrogens is 1. The molecule has 0 saturated heterocycles. The summed E-state index contributed by atoms with van der Waals surface area (Å²) >= 11 is 0. The highest BCUT2D eigenvalue weighted by atomic mass is 16.3. The summed E-state index contributed by atoms with van der Waals surface area (Å²) in [5, 5.41) is 14.2. The number of amides is 1. The first-order valence-corrected chi connectivity index (χ1v) is 8.91. The Balaban J connectivity index is 1.51. The highest BCUT2D eigenvalue weighted by Crippen LogP contribution is 2.26. The fourth-order valence-corrected chi connectivity index (χ4v) is 3.65. The van der Waals surface area contributed by atoms with Crippen LogP contribution >= 0.6 is 0 Å². The Bertz CT molecular complexity index is 676. The molecular formula is C19H27N3O2. The number of fused-ring (bicyclic) bond motifs is 1. The van der Waals surface area contributed by atoms with Gasteiger partial charge in [-0.3, -0.25) is 4.79 Å². The van der Waals surface area contributed by atoms with Crippen molar-refractivity contribution in [3.8, 4) is 0 Å². The zero-order valence-electron chi connectivity index (χ0n) is 14.0. The first-order chi connectivity index (χ1) is 11.6. The number of H-pyrrole nitrogens is 1. The molecule has 24 heavy (non-hydrogen) atoms. The standard InChI is InChI=1S/C19H27N3O2/c20-16(10-14-11-21-17-9-5-4-8-15(14)17)19(24)22-12-18(23)13-6-2-1-3-7-13/h4-5,8-9,11,13,16,18,21,23H,1-3,6-7,10,12,20H2,(H,22,24)/t16-,18?/m0/s1. The number of nitrogens with one attached hydrogen (secondary N) is 2. The van der Waals surface area contributed by atoms with Gasteiger partial charge in [0.1, 0.15) is 0 Å². The summed E-state index contributed by atoms with van der Waals surface area (Å²) in [6.07, 6.45) is 7.65. The van der Waals surface area contributed by atoms with Gasteiger partial charge in [0.2, 0.25) is 5.91 Å². The Hall–Kier alpha value is -1.85. The second kappa shape index (κ2) is 7.81. The van der Waals surface area contributed by atoms with Gasteiger partial charge in [-0.2, -0.15) is 0 Å². The van der Waals surface area contributed by atoms with Crippen molar-refractivity contribution in [2.24, 2.45) is 11.7 Å². The number of para-hydroxylation sites is 1. The van der Waals surface area contributed by atoms with Gasteiger partial charge >= 0.3 is 0 Å². The van der Waals surface area contributed by atoms with E-state index in [2.05, 4.69) is 10.3 Å². The van der Waals surface area contributed by atoms with Crippen LogP contribution in [0.5, 0.6) is 0 Å². The van der Waals surface area contributed by atoms with Crippen LogP contribution in [0.2, 0.25) is 0 Å². The first-order valence-electron chi connectivity index (χ1n) is 8.91. The Morgan fingerprint density at radius 3 is 2.83 bits per heavy atom. The lowest BCUT2D eigenvalue weighted by molar-refractivity contribution is -0.123. The van der Waals surface area contributed by atoms with Crippen LogP contribution in [0.15, 0.2) is 30.5 Å². The molecule has 2 aromatic rings. The molecule has 2 atom stereocenters. The number of aliphatic hydroxyl groups is 1. The minimum Gasteiger partial charge on any atom is -0.391 e. The monoisotopic (exact) mass is 329 g/mol. The van der Waals surface area contributed by atoms with E-state index in [1.54, 1.807) is 0 Å². The fraction of sp³-hybridized carbons (Fsp3) is 0.526. The van der Waals surface area contributed by atoms with E-state index in [1.165, 1.54) is 19.3 Å². The highest BCUT2D eigenvalue weighted by Gasteiger charge is 2.23. The van der Waals surface area contributed by atoms with Crippen molar-refractivity contribution < 1.29 is 9.90 Å². The largest absolute Gasteiger partial charge is 0.391 e. The van der Waals surface area contributed by atoms with Crippen molar-refractivity contribution in [2.45, 2.75) is 50.7 Å². The Morgan fingerprint density at radius 1 is 1.29 bits per heavy atom. The van der Waals surface area contributed by atoms with E-state index >= 15 is 0 Å². The average Bonchev–Trinajstić information content (AvgIpc) is 3.03. The van der Waals surface area contributed by atoms with E-state index in [0.717, 1.165) is 29.3 Å². The molecule has 1 saturated carbocycles. The van der Waals surface area contributed by atoms with Crippen molar-refractivity contribution in [2.75, 3.05) is 6.54 Å². The summed E-state index contributed by atoms with van der Waals surface area (Å²) in [5.74, 6) is 0.110. The first kappa shape index (κ1) is 17.0. The Kier molecular flexibility index (Phi) is 5.53. The van der Waals surface area contributed by atoms with Crippen molar-refractivity contribution >= 4 is 16.8 Å². The van der Waals surface area contributed by atoms with Crippen LogP contribution in [0.25, 0.3) is 10.9 Å². The second-order valence-corrected chi connectivity index (χ2v) is 6.88. The molecule has 1 aromatic heterocycles. The lowest BCUT2D eigenvalue weighted by Gasteiger charge is -2.27. The number of hydrogen-bond donors (Lipinski definition) is 4. The Morgan fingerprint density at radius 2 is 2.04 bits per heavy atom. The number of rotatable bonds is 6. The van der Waals surface area contributed by atoms with Crippen LogP contribution in [0.3, 0.4) is 0 Å². The van der Waals surface area contributed by atoms with E-state index in [-0.39, 0.29) is 5.91 Å². The van der Waals surface area contributed by atoms with Gasteiger partial charge < -0.3 is 21.1 Å². The third kappa shape index (κ3) is 3.97. The van der Waals surface area contributed by atoms with Crippen LogP contribution in [-0.4, -0.2) is 34.7 Å². The number of hydrogen-bond acceptors (Lipinski definition) is 3. The lowest BCUT2D eigenvalue weighted by Crippen LogP contribution is -2.45. The van der Waals surface area contributed by atoms with Crippen LogP contribution < -0.4 is 11.1 Å². The molecule has 3 rings (SSSR count). The molecule has 1 aromatic carbocycles. The molecular weight excluding hydrogens is 302 g/mol. The van der Waals surface area contributed by atoms with E-state index < -0.39 is 12.1 Å². The predicted molar refractivity (Wildman–Crippen MR) is 95.6 cm³/mol. The summed E-state index contributed by atoms with van der Waals surface area (Å²) in [5.41, 5.74) is 8.15. The third-order valence-corrected chi connectivity index (χ3v) is 5.13. The maximum absolute atomic E-state index is 12.2. The maximum Gasteiger partial charge on any atom is 0.237 e. The number of carbonyl (C=O) groups excluding carboxylic acids is 1. The van der Waals surface area contributed by atoms with Crippen LogP contribution in [0, 0.1) is 5.92 Å². The van der Waals surface area contributed by atoms with E-state index in [0.29, 0.717) is 18.9 Å². The average molecular weight is 329 g/mol. The topological polar surface area (TPSA) is 91.1 Å². The smallest absolute Gasteiger partial charge is 0.237 e. The van der Waals surface area contributed by atoms with Gasteiger partial charge in [-0.15, -0.1) is 0 Å². The van der Waals surface area contributed by atoms with Gasteiger partial charge in [0.05, 0.1) is 12.1 Å². The quantitative estimate of drug-likeness (QED) is 0.654. The van der Waals surface area contributed by atoms with Crippen molar-refractivity contribution in [1.82, 2.24) is 10.3 Å². The molecule has 1 aliphatic rings. The Labute approximate surface area is 142 Å². The number of benzene rings is 1. The summed E-state index contributed by atoms with van der Waals surface area (Å²) in [4.78, 5) is 15.4. The molecule has 5 N–H and O–H groups in total. The van der Waals surface area contributed by atoms with Crippen LogP contribution in [-0.2, 0) is 11.2 Å². The summed E-state index contributed by atoms with van der Waals surface area (Å²) in [7, 11) is 0. The minimum absolute atomic E-state index is 0.199. The zero-order chi connectivity index (χ0) is 16.9. The molecule has 0 spiro atoms. The van der Waals surface area contributed by atoms with Gasteiger partial charge in [-0.1, -0.05) is 37.5 Å². The maximum atomic E-state index is 12.2. The summed E-state index contributed by atoms with van der Waals surface area (Å²) in [6.45, 7) is 0.297. The van der Waals surface area contributed by atoms with Crippen molar-refractivity contribution in [3.63, 3.8) is 0 Å². The molecule has 5 heteroatoms. The fourth-order valence-electron chi connectivity index (χ4n) is 3.65. The summed E-state index contributed by atoms with van der Waals surface area (Å²) < 4.78 is 0. The lowest BCUT2D eigenvalue weighted by atomic mass is 9.85. The SMILES string of the molecule is N[C@@H](Cc1c[nH]c2ccccc12)C(=O)NCC(O)C1CCCCC1. The van der Waals surface area contributed by atoms with Crippen LogP contribution in [0.4, 0.5) is 0 Å². The third-order valence-electron chi connectivity index (χ3n) is 5.13. The van der Waals surface area contributed by atoms with Gasteiger partial charge in [0, 0.05) is 23.6 Å². The number of aliphatic hydroxyl groups excluding tert-OH is 1. The van der Waals surface area contributed by atoms with Crippen molar-refractivity contribution in [1.29, 1.82) is 0 Å². The second-order valence-electron chi connectivity index (χ2n) is 6.88. The zero-order valence-corrected chi connectivity index (χ0v) is 14.0. The van der Waals surface area contributed by atoms with E-state index in [1.807, 2.05) is 30.5 Å².